The van der Waals surface area contributed by atoms with Crippen LogP contribution in [0.25, 0.3) is 11.4 Å². The van der Waals surface area contributed by atoms with Gasteiger partial charge in [-0.2, -0.15) is 4.98 Å². The third-order valence-corrected chi connectivity index (χ3v) is 3.97. The number of hydrogen-bond acceptors (Lipinski definition) is 5. The lowest BCUT2D eigenvalue weighted by Gasteiger charge is -2.18. The highest BCUT2D eigenvalue weighted by Crippen LogP contribution is 2.25. The maximum Gasteiger partial charge on any atom is 0.227 e. The first-order valence-corrected chi connectivity index (χ1v) is 7.48. The summed E-state index contributed by atoms with van der Waals surface area (Å²) in [6.07, 6.45) is 7.65. The fourth-order valence-electron chi connectivity index (χ4n) is 2.47. The molecular formula is C14H14BrN3O2. The second-order valence-corrected chi connectivity index (χ2v) is 5.93. The molecule has 1 aliphatic rings. The summed E-state index contributed by atoms with van der Waals surface area (Å²) in [5, 5.41) is 3.96. The van der Waals surface area contributed by atoms with Crippen LogP contribution in [0.15, 0.2) is 27.5 Å². The van der Waals surface area contributed by atoms with E-state index in [-0.39, 0.29) is 5.92 Å². The average molecular weight is 336 g/mol. The Balaban J connectivity index is 1.75. The molecule has 6 heteroatoms. The molecule has 3 rings (SSSR count). The molecule has 104 valence electrons. The van der Waals surface area contributed by atoms with E-state index in [1.165, 1.54) is 0 Å². The summed E-state index contributed by atoms with van der Waals surface area (Å²) in [4.78, 5) is 20.2. The van der Waals surface area contributed by atoms with Crippen molar-refractivity contribution in [1.82, 2.24) is 15.1 Å². The summed E-state index contributed by atoms with van der Waals surface area (Å²) in [5.74, 6) is 1.40. The molecule has 1 unspecified atom stereocenters. The van der Waals surface area contributed by atoms with Gasteiger partial charge in [-0.1, -0.05) is 11.6 Å². The van der Waals surface area contributed by atoms with Gasteiger partial charge in [-0.15, -0.1) is 0 Å². The maximum absolute atomic E-state index is 11.8. The molecule has 2 aromatic rings. The van der Waals surface area contributed by atoms with E-state index in [4.69, 9.17) is 4.52 Å². The minimum Gasteiger partial charge on any atom is -0.339 e. The van der Waals surface area contributed by atoms with Crippen molar-refractivity contribution in [1.29, 1.82) is 0 Å². The van der Waals surface area contributed by atoms with Gasteiger partial charge in [0.1, 0.15) is 5.78 Å². The van der Waals surface area contributed by atoms with E-state index in [0.29, 0.717) is 30.3 Å². The highest BCUT2D eigenvalue weighted by atomic mass is 79.9. The number of carbonyl (C=O) groups excluding carboxylic acids is 1. The number of pyridine rings is 1. The lowest BCUT2D eigenvalue weighted by molar-refractivity contribution is -0.124. The van der Waals surface area contributed by atoms with E-state index in [1.807, 2.05) is 6.07 Å². The zero-order valence-corrected chi connectivity index (χ0v) is 12.5. The molecule has 1 fully saturated rings. The summed E-state index contributed by atoms with van der Waals surface area (Å²) in [6.45, 7) is 0. The van der Waals surface area contributed by atoms with Crippen LogP contribution in [0.5, 0.6) is 0 Å². The van der Waals surface area contributed by atoms with Crippen LogP contribution in [0.1, 0.15) is 31.6 Å². The van der Waals surface area contributed by atoms with Crippen LogP contribution in [0.3, 0.4) is 0 Å². The van der Waals surface area contributed by atoms with Crippen LogP contribution < -0.4 is 0 Å². The van der Waals surface area contributed by atoms with E-state index in [2.05, 4.69) is 31.1 Å². The molecule has 0 radical (unpaired) electrons. The fourth-order valence-corrected chi connectivity index (χ4v) is 2.84. The largest absolute Gasteiger partial charge is 0.339 e. The summed E-state index contributed by atoms with van der Waals surface area (Å²) >= 11 is 3.36. The number of nitrogens with zero attached hydrogens (tertiary/aromatic N) is 3. The van der Waals surface area contributed by atoms with Crippen molar-refractivity contribution in [3.05, 3.63) is 28.8 Å². The number of carbonyl (C=O) groups is 1. The normalized spacial score (nSPS) is 19.2. The first kappa shape index (κ1) is 13.4. The van der Waals surface area contributed by atoms with Crippen molar-refractivity contribution in [2.45, 2.75) is 32.1 Å². The van der Waals surface area contributed by atoms with Crippen molar-refractivity contribution < 1.29 is 9.32 Å². The van der Waals surface area contributed by atoms with Crippen LogP contribution in [0.2, 0.25) is 0 Å². The lowest BCUT2D eigenvalue weighted by atomic mass is 9.86. The van der Waals surface area contributed by atoms with Crippen molar-refractivity contribution in [3.8, 4) is 11.4 Å². The number of rotatable bonds is 3. The van der Waals surface area contributed by atoms with Crippen molar-refractivity contribution in [3.63, 3.8) is 0 Å². The molecule has 20 heavy (non-hydrogen) atoms. The monoisotopic (exact) mass is 335 g/mol. The molecule has 0 spiro atoms. The summed E-state index contributed by atoms with van der Waals surface area (Å²) < 4.78 is 6.12. The third kappa shape index (κ3) is 2.95. The molecule has 2 aromatic heterocycles. The maximum atomic E-state index is 11.8. The van der Waals surface area contributed by atoms with Gasteiger partial charge in [-0.05, 0) is 34.8 Å². The van der Waals surface area contributed by atoms with Crippen molar-refractivity contribution in [2.75, 3.05) is 0 Å². The summed E-state index contributed by atoms with van der Waals surface area (Å²) in [7, 11) is 0. The van der Waals surface area contributed by atoms with E-state index in [9.17, 15) is 4.79 Å². The number of aromatic nitrogens is 3. The van der Waals surface area contributed by atoms with Crippen LogP contribution in [-0.4, -0.2) is 20.9 Å². The minimum absolute atomic E-state index is 0.0395. The van der Waals surface area contributed by atoms with Crippen molar-refractivity contribution >= 4 is 21.7 Å². The van der Waals surface area contributed by atoms with Crippen LogP contribution in [0.4, 0.5) is 0 Å². The zero-order valence-electron chi connectivity index (χ0n) is 10.9. The van der Waals surface area contributed by atoms with Gasteiger partial charge in [0.25, 0.3) is 0 Å². The SMILES string of the molecule is O=C1CCCCC1Cc1nc(-c2cncc(Br)c2)no1. The molecule has 0 bridgehead atoms. The predicted octanol–water partition coefficient (Wildman–Crippen LogP) is 3.20. The third-order valence-electron chi connectivity index (χ3n) is 3.53. The Morgan fingerprint density at radius 1 is 1.35 bits per heavy atom. The van der Waals surface area contributed by atoms with Gasteiger partial charge >= 0.3 is 0 Å². The number of hydrogen-bond donors (Lipinski definition) is 0. The standard InChI is InChI=1S/C14H14BrN3O2/c15-11-5-10(7-16-8-11)14-17-13(20-18-14)6-9-3-1-2-4-12(9)19/h5,7-9H,1-4,6H2. The van der Waals surface area contributed by atoms with Crippen molar-refractivity contribution in [2.24, 2.45) is 5.92 Å². The van der Waals surface area contributed by atoms with Gasteiger partial charge in [-0.3, -0.25) is 9.78 Å². The molecule has 1 atom stereocenters. The van der Waals surface area contributed by atoms with E-state index in [0.717, 1.165) is 29.3 Å². The number of Topliss-reactive ketones (excluding diaryl/α,β-unsaturated/α-hetero) is 1. The van der Waals surface area contributed by atoms with Gasteiger partial charge in [0, 0.05) is 41.2 Å². The molecule has 0 N–H and O–H groups in total. The Bertz CT molecular complexity index is 626. The van der Waals surface area contributed by atoms with Gasteiger partial charge in [0.2, 0.25) is 11.7 Å². The molecular weight excluding hydrogens is 322 g/mol. The number of halogens is 1. The van der Waals surface area contributed by atoms with E-state index < -0.39 is 0 Å². The number of ketones is 1. The summed E-state index contributed by atoms with van der Waals surface area (Å²) in [5.41, 5.74) is 0.796. The van der Waals surface area contributed by atoms with Crippen LogP contribution in [-0.2, 0) is 11.2 Å². The van der Waals surface area contributed by atoms with Gasteiger partial charge in [-0.25, -0.2) is 0 Å². The Hall–Kier alpha value is -1.56. The topological polar surface area (TPSA) is 68.9 Å². The first-order chi connectivity index (χ1) is 9.72. The highest BCUT2D eigenvalue weighted by Gasteiger charge is 2.24. The first-order valence-electron chi connectivity index (χ1n) is 6.68. The van der Waals surface area contributed by atoms with Crippen LogP contribution in [0, 0.1) is 5.92 Å². The van der Waals surface area contributed by atoms with Gasteiger partial charge in [0.05, 0.1) is 0 Å². The van der Waals surface area contributed by atoms with E-state index >= 15 is 0 Å². The molecule has 5 nitrogen and oxygen atoms in total. The smallest absolute Gasteiger partial charge is 0.227 e. The highest BCUT2D eigenvalue weighted by molar-refractivity contribution is 9.10. The molecule has 0 saturated heterocycles. The second kappa shape index (κ2) is 5.83. The minimum atomic E-state index is 0.0395. The quantitative estimate of drug-likeness (QED) is 0.861. The predicted molar refractivity (Wildman–Crippen MR) is 75.9 cm³/mol. The Morgan fingerprint density at radius 2 is 2.25 bits per heavy atom. The Morgan fingerprint density at radius 3 is 3.05 bits per heavy atom. The molecule has 1 aliphatic carbocycles. The molecule has 0 aromatic carbocycles. The van der Waals surface area contributed by atoms with Gasteiger partial charge < -0.3 is 4.52 Å². The van der Waals surface area contributed by atoms with Gasteiger partial charge in [0.15, 0.2) is 0 Å². The molecule has 2 heterocycles. The Kier molecular flexibility index (Phi) is 3.91. The molecule has 0 aliphatic heterocycles. The molecule has 1 saturated carbocycles. The molecule has 0 amide bonds. The Labute approximate surface area is 124 Å². The second-order valence-electron chi connectivity index (χ2n) is 5.02. The van der Waals surface area contributed by atoms with E-state index in [1.54, 1.807) is 12.4 Å². The fraction of sp³-hybridized carbons (Fsp3) is 0.429. The lowest BCUT2D eigenvalue weighted by Crippen LogP contribution is -2.21. The zero-order chi connectivity index (χ0) is 13.9. The summed E-state index contributed by atoms with van der Waals surface area (Å²) in [6, 6.07) is 1.88. The van der Waals surface area contributed by atoms with Crippen LogP contribution >= 0.6 is 15.9 Å². The average Bonchev–Trinajstić information content (AvgIpc) is 2.90.